The Kier molecular flexibility index (Phi) is 7.87. The minimum absolute atomic E-state index is 0.000689. The van der Waals surface area contributed by atoms with Crippen LogP contribution < -0.4 is 5.32 Å². The molecule has 122 valence electrons. The van der Waals surface area contributed by atoms with Crippen molar-refractivity contribution in [1.82, 2.24) is 4.90 Å². The average molecular weight is 361 g/mol. The van der Waals surface area contributed by atoms with Gasteiger partial charge in [0.25, 0.3) is 0 Å². The van der Waals surface area contributed by atoms with E-state index in [1.54, 1.807) is 30.0 Å². The molecule has 0 unspecified atom stereocenters. The van der Waals surface area contributed by atoms with Gasteiger partial charge in [-0.2, -0.15) is 11.8 Å². The zero-order valence-corrected chi connectivity index (χ0v) is 14.9. The zero-order chi connectivity index (χ0) is 15.8. The number of rotatable bonds is 6. The zero-order valence-electron chi connectivity index (χ0n) is 12.6. The first-order valence-electron chi connectivity index (χ1n) is 7.70. The fraction of sp³-hybridized carbons (Fsp3) is 0.562. The number of anilines is 1. The third-order valence-corrected chi connectivity index (χ3v) is 5.36. The summed E-state index contributed by atoms with van der Waals surface area (Å²) in [6, 6.07) is 5.11. The van der Waals surface area contributed by atoms with Crippen LogP contribution >= 0.6 is 35.0 Å². The van der Waals surface area contributed by atoms with Gasteiger partial charge >= 0.3 is 0 Å². The van der Waals surface area contributed by atoms with E-state index in [1.165, 1.54) is 38.8 Å². The Morgan fingerprint density at radius 2 is 1.86 bits per heavy atom. The van der Waals surface area contributed by atoms with Crippen molar-refractivity contribution in [3.05, 3.63) is 28.2 Å². The van der Waals surface area contributed by atoms with Gasteiger partial charge < -0.3 is 10.2 Å². The highest BCUT2D eigenvalue weighted by Crippen LogP contribution is 2.25. The van der Waals surface area contributed by atoms with Crippen LogP contribution in [0.15, 0.2) is 18.2 Å². The lowest BCUT2D eigenvalue weighted by Crippen LogP contribution is -2.27. The first kappa shape index (κ1) is 17.9. The normalized spacial score (nSPS) is 16.3. The molecule has 0 saturated carbocycles. The molecule has 22 heavy (non-hydrogen) atoms. The molecular formula is C16H22Cl2N2OS. The van der Waals surface area contributed by atoms with Gasteiger partial charge in [-0.15, -0.1) is 0 Å². The second kappa shape index (κ2) is 9.66. The average Bonchev–Trinajstić information content (AvgIpc) is 2.76. The van der Waals surface area contributed by atoms with E-state index < -0.39 is 0 Å². The number of thioether (sulfide) groups is 1. The van der Waals surface area contributed by atoms with Crippen LogP contribution in [0.25, 0.3) is 0 Å². The Morgan fingerprint density at radius 1 is 1.14 bits per heavy atom. The Balaban J connectivity index is 1.63. The van der Waals surface area contributed by atoms with Crippen LogP contribution in [0.5, 0.6) is 0 Å². The lowest BCUT2D eigenvalue weighted by molar-refractivity contribution is -0.113. The number of hydrogen-bond acceptors (Lipinski definition) is 3. The minimum Gasteiger partial charge on any atom is -0.325 e. The smallest absolute Gasteiger partial charge is 0.234 e. The van der Waals surface area contributed by atoms with E-state index in [4.69, 9.17) is 23.2 Å². The molecule has 0 aromatic heterocycles. The Morgan fingerprint density at radius 3 is 2.55 bits per heavy atom. The molecule has 0 aliphatic carbocycles. The van der Waals surface area contributed by atoms with Gasteiger partial charge in [0.2, 0.25) is 5.91 Å². The fourth-order valence-corrected chi connectivity index (χ4v) is 3.58. The lowest BCUT2D eigenvalue weighted by atomic mass is 10.2. The number of carbonyl (C=O) groups excluding carboxylic acids is 1. The number of hydrogen-bond donors (Lipinski definition) is 1. The van der Waals surface area contributed by atoms with Gasteiger partial charge in [0, 0.05) is 18.0 Å². The van der Waals surface area contributed by atoms with E-state index in [0.29, 0.717) is 21.5 Å². The summed E-state index contributed by atoms with van der Waals surface area (Å²) in [6.07, 6.45) is 5.33. The van der Waals surface area contributed by atoms with E-state index >= 15 is 0 Å². The number of benzene rings is 1. The van der Waals surface area contributed by atoms with Crippen LogP contribution in [-0.2, 0) is 4.79 Å². The molecule has 1 fully saturated rings. The summed E-state index contributed by atoms with van der Waals surface area (Å²) >= 11 is 13.5. The molecule has 1 aromatic rings. The molecule has 1 aliphatic rings. The second-order valence-electron chi connectivity index (χ2n) is 5.49. The molecule has 0 spiro atoms. The van der Waals surface area contributed by atoms with Gasteiger partial charge in [0.05, 0.1) is 15.8 Å². The summed E-state index contributed by atoms with van der Waals surface area (Å²) in [5, 5.41) is 3.79. The van der Waals surface area contributed by atoms with Crippen LogP contribution in [0.3, 0.4) is 0 Å². The van der Waals surface area contributed by atoms with Crippen molar-refractivity contribution in [1.29, 1.82) is 0 Å². The maximum absolute atomic E-state index is 11.9. The largest absolute Gasteiger partial charge is 0.325 e. The van der Waals surface area contributed by atoms with Crippen molar-refractivity contribution < 1.29 is 4.79 Å². The lowest BCUT2D eigenvalue weighted by Gasteiger charge is -2.19. The number of nitrogens with one attached hydrogen (secondary N) is 1. The molecule has 1 aromatic carbocycles. The highest BCUT2D eigenvalue weighted by molar-refractivity contribution is 7.99. The molecule has 1 heterocycles. The molecule has 1 amide bonds. The quantitative estimate of drug-likeness (QED) is 0.755. The summed E-state index contributed by atoms with van der Waals surface area (Å²) in [4.78, 5) is 14.4. The Hall–Kier alpha value is -0.420. The standard InChI is InChI=1S/C16H22Cl2N2OS/c17-14-6-5-13(11-15(14)18)19-16(21)12-22-10-9-20-7-3-1-2-4-8-20/h5-6,11H,1-4,7-10,12H2,(H,19,21). The molecular weight excluding hydrogens is 339 g/mol. The molecule has 0 bridgehead atoms. The first-order valence-corrected chi connectivity index (χ1v) is 9.61. The Bertz CT molecular complexity index is 491. The SMILES string of the molecule is O=C(CSCCN1CCCCCC1)Nc1ccc(Cl)c(Cl)c1. The van der Waals surface area contributed by atoms with Gasteiger partial charge in [-0.05, 0) is 44.1 Å². The van der Waals surface area contributed by atoms with Gasteiger partial charge in [-0.3, -0.25) is 4.79 Å². The monoisotopic (exact) mass is 360 g/mol. The highest BCUT2D eigenvalue weighted by atomic mass is 35.5. The van der Waals surface area contributed by atoms with Gasteiger partial charge in [-0.25, -0.2) is 0 Å². The van der Waals surface area contributed by atoms with Crippen molar-refractivity contribution in [2.75, 3.05) is 36.5 Å². The predicted octanol–water partition coefficient (Wildman–Crippen LogP) is 4.54. The van der Waals surface area contributed by atoms with E-state index in [9.17, 15) is 4.79 Å². The van der Waals surface area contributed by atoms with Crippen LogP contribution in [0, 0.1) is 0 Å². The second-order valence-corrected chi connectivity index (χ2v) is 7.41. The third-order valence-electron chi connectivity index (χ3n) is 3.69. The predicted molar refractivity (Wildman–Crippen MR) is 97.3 cm³/mol. The van der Waals surface area contributed by atoms with E-state index in [0.717, 1.165) is 12.3 Å². The molecule has 1 N–H and O–H groups in total. The van der Waals surface area contributed by atoms with Crippen LogP contribution in [-0.4, -0.2) is 41.9 Å². The third kappa shape index (κ3) is 6.37. The number of carbonyl (C=O) groups is 1. The summed E-state index contributed by atoms with van der Waals surface area (Å²) in [7, 11) is 0. The molecule has 1 aliphatic heterocycles. The van der Waals surface area contributed by atoms with Crippen molar-refractivity contribution in [3.63, 3.8) is 0 Å². The number of amides is 1. The number of likely N-dealkylation sites (tertiary alicyclic amines) is 1. The molecule has 3 nitrogen and oxygen atoms in total. The molecule has 1 saturated heterocycles. The van der Waals surface area contributed by atoms with Crippen molar-refractivity contribution in [2.45, 2.75) is 25.7 Å². The summed E-state index contributed by atoms with van der Waals surface area (Å²) in [5.41, 5.74) is 0.688. The van der Waals surface area contributed by atoms with Gasteiger partial charge in [0.1, 0.15) is 0 Å². The fourth-order valence-electron chi connectivity index (χ4n) is 2.49. The molecule has 0 atom stereocenters. The van der Waals surface area contributed by atoms with E-state index in [-0.39, 0.29) is 5.91 Å². The van der Waals surface area contributed by atoms with E-state index in [1.807, 2.05) is 0 Å². The topological polar surface area (TPSA) is 32.3 Å². The van der Waals surface area contributed by atoms with Crippen LogP contribution in [0.1, 0.15) is 25.7 Å². The number of nitrogens with zero attached hydrogens (tertiary/aromatic N) is 1. The van der Waals surface area contributed by atoms with Crippen molar-refractivity contribution in [3.8, 4) is 0 Å². The summed E-state index contributed by atoms with van der Waals surface area (Å²) in [6.45, 7) is 3.48. The van der Waals surface area contributed by atoms with Crippen LogP contribution in [0.4, 0.5) is 5.69 Å². The molecule has 6 heteroatoms. The maximum Gasteiger partial charge on any atom is 0.234 e. The molecule has 0 radical (unpaired) electrons. The van der Waals surface area contributed by atoms with E-state index in [2.05, 4.69) is 10.2 Å². The summed E-state index contributed by atoms with van der Waals surface area (Å²) < 4.78 is 0. The van der Waals surface area contributed by atoms with Crippen LogP contribution in [0.2, 0.25) is 10.0 Å². The first-order chi connectivity index (χ1) is 10.6. The van der Waals surface area contributed by atoms with Crippen molar-refractivity contribution >= 4 is 46.6 Å². The van der Waals surface area contributed by atoms with Crippen molar-refractivity contribution in [2.24, 2.45) is 0 Å². The highest BCUT2D eigenvalue weighted by Gasteiger charge is 2.09. The van der Waals surface area contributed by atoms with Gasteiger partial charge in [0.15, 0.2) is 0 Å². The van der Waals surface area contributed by atoms with Gasteiger partial charge in [-0.1, -0.05) is 36.0 Å². The minimum atomic E-state index is -0.000689. The Labute approximate surface area is 146 Å². The molecule has 2 rings (SSSR count). The number of halogens is 2. The summed E-state index contributed by atoms with van der Waals surface area (Å²) in [5.74, 6) is 1.46. The maximum atomic E-state index is 11.9.